The van der Waals surface area contributed by atoms with Crippen molar-refractivity contribution in [3.05, 3.63) is 47.3 Å². The summed E-state index contributed by atoms with van der Waals surface area (Å²) >= 11 is 5.71. The van der Waals surface area contributed by atoms with E-state index in [0.717, 1.165) is 6.07 Å². The Morgan fingerprint density at radius 3 is 2.72 bits per heavy atom. The van der Waals surface area contributed by atoms with Crippen LogP contribution in [0.1, 0.15) is 10.4 Å². The Bertz CT molecular complexity index is 457. The molecule has 0 heterocycles. The molecule has 0 bridgehead atoms. The molecule has 0 unspecified atom stereocenters. The summed E-state index contributed by atoms with van der Waals surface area (Å²) in [7, 11) is 0. The summed E-state index contributed by atoms with van der Waals surface area (Å²) in [4.78, 5) is 22.8. The molecule has 1 aromatic rings. The minimum Gasteiger partial charge on any atom is -0.351 e. The van der Waals surface area contributed by atoms with E-state index < -0.39 is 17.6 Å². The van der Waals surface area contributed by atoms with Gasteiger partial charge in [-0.25, -0.2) is 4.39 Å². The van der Waals surface area contributed by atoms with E-state index in [1.165, 1.54) is 18.2 Å². The fraction of sp³-hybridized carbons (Fsp3) is 0.167. The molecule has 0 aliphatic heterocycles. The molecule has 0 radical (unpaired) electrons. The summed E-state index contributed by atoms with van der Waals surface area (Å²) in [6.07, 6.45) is 1.51. The molecule has 18 heavy (non-hydrogen) atoms. The summed E-state index contributed by atoms with van der Waals surface area (Å²) in [6, 6.07) is 3.92. The Kier molecular flexibility index (Phi) is 5.32. The summed E-state index contributed by atoms with van der Waals surface area (Å²) in [6.45, 7) is 3.48. The molecule has 0 atom stereocenters. The molecule has 2 amide bonds. The summed E-state index contributed by atoms with van der Waals surface area (Å²) in [5, 5.41) is 4.75. The van der Waals surface area contributed by atoms with Crippen molar-refractivity contribution in [2.75, 3.05) is 13.1 Å². The molecule has 96 valence electrons. The zero-order chi connectivity index (χ0) is 13.5. The molecule has 0 aromatic heterocycles. The molecular formula is C12H12ClFN2O2. The van der Waals surface area contributed by atoms with Crippen molar-refractivity contribution in [2.45, 2.75) is 0 Å². The minimum atomic E-state index is -0.730. The van der Waals surface area contributed by atoms with Crippen LogP contribution in [0.2, 0.25) is 5.02 Å². The van der Waals surface area contributed by atoms with E-state index in [1.54, 1.807) is 0 Å². The number of carbonyl (C=O) groups is 2. The van der Waals surface area contributed by atoms with Gasteiger partial charge in [-0.1, -0.05) is 23.7 Å². The van der Waals surface area contributed by atoms with Crippen LogP contribution in [-0.2, 0) is 4.79 Å². The average molecular weight is 271 g/mol. The van der Waals surface area contributed by atoms with Gasteiger partial charge in [-0.3, -0.25) is 9.59 Å². The second kappa shape index (κ2) is 6.76. The van der Waals surface area contributed by atoms with Gasteiger partial charge in [0.05, 0.1) is 17.1 Å². The lowest BCUT2D eigenvalue weighted by molar-refractivity contribution is -0.119. The van der Waals surface area contributed by atoms with Crippen LogP contribution in [0.3, 0.4) is 0 Å². The standard InChI is InChI=1S/C12H12ClFN2O2/c1-2-6-15-10(17)7-16-12(18)11-8(13)4-3-5-9(11)14/h2-5H,1,6-7H2,(H,15,17)(H,16,18). The lowest BCUT2D eigenvalue weighted by atomic mass is 10.2. The van der Waals surface area contributed by atoms with Crippen LogP contribution in [0.15, 0.2) is 30.9 Å². The fourth-order valence-electron chi connectivity index (χ4n) is 1.21. The molecule has 2 N–H and O–H groups in total. The Morgan fingerprint density at radius 1 is 1.39 bits per heavy atom. The lowest BCUT2D eigenvalue weighted by Crippen LogP contribution is -2.37. The highest BCUT2D eigenvalue weighted by Crippen LogP contribution is 2.18. The molecule has 1 rings (SSSR count). The normalized spacial score (nSPS) is 9.67. The molecule has 0 saturated carbocycles. The smallest absolute Gasteiger partial charge is 0.256 e. The molecule has 0 aliphatic rings. The van der Waals surface area contributed by atoms with E-state index in [9.17, 15) is 14.0 Å². The largest absolute Gasteiger partial charge is 0.351 e. The SMILES string of the molecule is C=CCNC(=O)CNC(=O)c1c(F)cccc1Cl. The number of amides is 2. The Morgan fingerprint density at radius 2 is 2.11 bits per heavy atom. The van der Waals surface area contributed by atoms with Gasteiger partial charge in [-0.2, -0.15) is 0 Å². The van der Waals surface area contributed by atoms with E-state index in [1.807, 2.05) is 0 Å². The van der Waals surface area contributed by atoms with Crippen LogP contribution in [-0.4, -0.2) is 24.9 Å². The van der Waals surface area contributed by atoms with Crippen molar-refractivity contribution in [3.63, 3.8) is 0 Å². The maximum absolute atomic E-state index is 13.4. The van der Waals surface area contributed by atoms with Gasteiger partial charge in [-0.05, 0) is 12.1 Å². The quantitative estimate of drug-likeness (QED) is 0.797. The van der Waals surface area contributed by atoms with E-state index in [2.05, 4.69) is 17.2 Å². The zero-order valence-electron chi connectivity index (χ0n) is 9.50. The van der Waals surface area contributed by atoms with Crippen molar-refractivity contribution in [3.8, 4) is 0 Å². The number of hydrogen-bond acceptors (Lipinski definition) is 2. The number of rotatable bonds is 5. The summed E-state index contributed by atoms with van der Waals surface area (Å²) in [5.74, 6) is -1.85. The van der Waals surface area contributed by atoms with Gasteiger partial charge in [0.25, 0.3) is 5.91 Å². The van der Waals surface area contributed by atoms with Gasteiger partial charge in [0, 0.05) is 6.54 Å². The van der Waals surface area contributed by atoms with E-state index in [4.69, 9.17) is 11.6 Å². The number of hydrogen-bond donors (Lipinski definition) is 2. The minimum absolute atomic E-state index is 0.000926. The Balaban J connectivity index is 2.61. The van der Waals surface area contributed by atoms with Crippen molar-refractivity contribution in [1.29, 1.82) is 0 Å². The van der Waals surface area contributed by atoms with Gasteiger partial charge in [0.1, 0.15) is 5.82 Å². The number of carbonyl (C=O) groups excluding carboxylic acids is 2. The second-order valence-corrected chi connectivity index (χ2v) is 3.78. The monoisotopic (exact) mass is 270 g/mol. The highest BCUT2D eigenvalue weighted by atomic mass is 35.5. The zero-order valence-corrected chi connectivity index (χ0v) is 10.3. The van der Waals surface area contributed by atoms with Gasteiger partial charge in [0.15, 0.2) is 0 Å². The first-order valence-electron chi connectivity index (χ1n) is 5.16. The Hall–Kier alpha value is -1.88. The van der Waals surface area contributed by atoms with Crippen LogP contribution >= 0.6 is 11.6 Å². The van der Waals surface area contributed by atoms with Crippen LogP contribution in [0.4, 0.5) is 4.39 Å². The van der Waals surface area contributed by atoms with Crippen molar-refractivity contribution in [1.82, 2.24) is 10.6 Å². The van der Waals surface area contributed by atoms with Gasteiger partial charge >= 0.3 is 0 Å². The highest BCUT2D eigenvalue weighted by Gasteiger charge is 2.15. The Labute approximate surface area is 109 Å². The van der Waals surface area contributed by atoms with Gasteiger partial charge < -0.3 is 10.6 Å². The molecule has 0 saturated heterocycles. The molecule has 6 heteroatoms. The first-order chi connectivity index (χ1) is 8.56. The third-order valence-corrected chi connectivity index (χ3v) is 2.36. The van der Waals surface area contributed by atoms with Crippen molar-refractivity contribution >= 4 is 23.4 Å². The fourth-order valence-corrected chi connectivity index (χ4v) is 1.46. The highest BCUT2D eigenvalue weighted by molar-refractivity contribution is 6.33. The van der Waals surface area contributed by atoms with E-state index in [-0.39, 0.29) is 17.1 Å². The summed E-state index contributed by atoms with van der Waals surface area (Å²) < 4.78 is 13.4. The number of halogens is 2. The van der Waals surface area contributed by atoms with Gasteiger partial charge in [-0.15, -0.1) is 6.58 Å². The molecule has 1 aromatic carbocycles. The van der Waals surface area contributed by atoms with E-state index >= 15 is 0 Å². The van der Waals surface area contributed by atoms with Crippen LogP contribution in [0.25, 0.3) is 0 Å². The second-order valence-electron chi connectivity index (χ2n) is 3.37. The predicted octanol–water partition coefficient (Wildman–Crippen LogP) is 1.51. The molecule has 0 fully saturated rings. The molecule has 0 spiro atoms. The number of benzene rings is 1. The molecule has 4 nitrogen and oxygen atoms in total. The maximum Gasteiger partial charge on any atom is 0.256 e. The maximum atomic E-state index is 13.4. The third kappa shape index (κ3) is 3.85. The average Bonchev–Trinajstić information content (AvgIpc) is 2.33. The molecule has 0 aliphatic carbocycles. The van der Waals surface area contributed by atoms with Crippen molar-refractivity contribution < 1.29 is 14.0 Å². The number of nitrogens with one attached hydrogen (secondary N) is 2. The third-order valence-electron chi connectivity index (χ3n) is 2.04. The molecular weight excluding hydrogens is 259 g/mol. The van der Waals surface area contributed by atoms with E-state index in [0.29, 0.717) is 6.54 Å². The first kappa shape index (κ1) is 14.2. The van der Waals surface area contributed by atoms with Crippen LogP contribution in [0.5, 0.6) is 0 Å². The first-order valence-corrected chi connectivity index (χ1v) is 5.54. The lowest BCUT2D eigenvalue weighted by Gasteiger charge is -2.07. The van der Waals surface area contributed by atoms with Crippen LogP contribution < -0.4 is 10.6 Å². The predicted molar refractivity (Wildman–Crippen MR) is 66.9 cm³/mol. The van der Waals surface area contributed by atoms with Gasteiger partial charge in [0.2, 0.25) is 5.91 Å². The van der Waals surface area contributed by atoms with Crippen LogP contribution in [0, 0.1) is 5.82 Å². The summed E-state index contributed by atoms with van der Waals surface area (Å²) in [5.41, 5.74) is -0.268. The topological polar surface area (TPSA) is 58.2 Å². The van der Waals surface area contributed by atoms with Crippen molar-refractivity contribution in [2.24, 2.45) is 0 Å².